The predicted octanol–water partition coefficient (Wildman–Crippen LogP) is 4.06. The number of carbonyl (C=O) groups excluding carboxylic acids is 1. The van der Waals surface area contributed by atoms with Crippen LogP contribution in [0.1, 0.15) is 38.2 Å². The molecule has 3 nitrogen and oxygen atoms in total. The first-order valence-electron chi connectivity index (χ1n) is 7.84. The molecule has 0 bridgehead atoms. The lowest BCUT2D eigenvalue weighted by molar-refractivity contribution is -0.131. The van der Waals surface area contributed by atoms with E-state index in [4.69, 9.17) is 23.8 Å². The highest BCUT2D eigenvalue weighted by molar-refractivity contribution is 7.80. The van der Waals surface area contributed by atoms with E-state index >= 15 is 0 Å². The van der Waals surface area contributed by atoms with Gasteiger partial charge >= 0.3 is 0 Å². The van der Waals surface area contributed by atoms with Crippen molar-refractivity contribution in [1.82, 2.24) is 10.2 Å². The van der Waals surface area contributed by atoms with E-state index in [0.717, 1.165) is 30.4 Å². The van der Waals surface area contributed by atoms with Crippen molar-refractivity contribution in [1.29, 1.82) is 0 Å². The maximum atomic E-state index is 12.9. The fraction of sp³-hybridized carbons (Fsp3) is 0.444. The smallest absolute Gasteiger partial charge is 0.170 e. The monoisotopic (exact) mass is 350 g/mol. The van der Waals surface area contributed by atoms with E-state index in [1.54, 1.807) is 0 Å². The SMILES string of the molecule is C=C(C)CNC(=S)N(C)[C@]1(c2ccccc2Cl)CCCCC1=O. The molecule has 0 heterocycles. The Labute approximate surface area is 148 Å². The minimum Gasteiger partial charge on any atom is -0.359 e. The van der Waals surface area contributed by atoms with Crippen molar-refractivity contribution >= 4 is 34.7 Å². The predicted molar refractivity (Wildman–Crippen MR) is 99.8 cm³/mol. The number of rotatable bonds is 4. The van der Waals surface area contributed by atoms with Crippen LogP contribution < -0.4 is 5.32 Å². The lowest BCUT2D eigenvalue weighted by atomic mass is 9.74. The van der Waals surface area contributed by atoms with Crippen LogP contribution in [0.25, 0.3) is 0 Å². The zero-order valence-corrected chi connectivity index (χ0v) is 15.3. The number of nitrogens with one attached hydrogen (secondary N) is 1. The molecule has 0 saturated heterocycles. The Balaban J connectivity index is 2.42. The molecule has 0 unspecified atom stereocenters. The van der Waals surface area contributed by atoms with Crippen molar-refractivity contribution < 1.29 is 4.79 Å². The topological polar surface area (TPSA) is 32.3 Å². The second-order valence-electron chi connectivity index (χ2n) is 6.15. The van der Waals surface area contributed by atoms with Crippen molar-refractivity contribution in [3.05, 3.63) is 47.0 Å². The number of nitrogens with zero attached hydrogens (tertiary/aromatic N) is 1. The molecular weight excluding hydrogens is 328 g/mol. The third-order valence-electron chi connectivity index (χ3n) is 4.39. The van der Waals surface area contributed by atoms with Crippen LogP contribution in [0.15, 0.2) is 36.4 Å². The van der Waals surface area contributed by atoms with E-state index in [0.29, 0.717) is 23.1 Å². The molecular formula is C18H23ClN2OS. The van der Waals surface area contributed by atoms with Crippen LogP contribution in [0, 0.1) is 0 Å². The number of benzene rings is 1. The van der Waals surface area contributed by atoms with Crippen molar-refractivity contribution in [2.75, 3.05) is 13.6 Å². The summed E-state index contributed by atoms with van der Waals surface area (Å²) in [5, 5.41) is 4.33. The zero-order chi connectivity index (χ0) is 17.0. The van der Waals surface area contributed by atoms with E-state index in [-0.39, 0.29) is 5.78 Å². The summed E-state index contributed by atoms with van der Waals surface area (Å²) in [6.45, 7) is 6.40. The van der Waals surface area contributed by atoms with Crippen LogP contribution >= 0.6 is 23.8 Å². The van der Waals surface area contributed by atoms with Gasteiger partial charge < -0.3 is 10.2 Å². The first-order chi connectivity index (χ1) is 10.9. The second kappa shape index (κ2) is 7.45. The molecule has 1 aromatic rings. The highest BCUT2D eigenvalue weighted by atomic mass is 35.5. The number of ketones is 1. The maximum Gasteiger partial charge on any atom is 0.170 e. The molecule has 0 aliphatic heterocycles. The van der Waals surface area contributed by atoms with Gasteiger partial charge in [0.2, 0.25) is 0 Å². The zero-order valence-electron chi connectivity index (χ0n) is 13.7. The number of halogens is 1. The molecule has 1 atom stereocenters. The van der Waals surface area contributed by atoms with Crippen molar-refractivity contribution in [3.8, 4) is 0 Å². The van der Waals surface area contributed by atoms with Crippen LogP contribution in [0.4, 0.5) is 0 Å². The Hall–Kier alpha value is -1.39. The van der Waals surface area contributed by atoms with Gasteiger partial charge in [0.25, 0.3) is 0 Å². The minimum atomic E-state index is -0.782. The van der Waals surface area contributed by atoms with E-state index in [1.807, 2.05) is 43.1 Å². The fourth-order valence-corrected chi connectivity index (χ4v) is 3.67. The second-order valence-corrected chi connectivity index (χ2v) is 6.94. The van der Waals surface area contributed by atoms with Gasteiger partial charge in [-0.05, 0) is 44.5 Å². The molecule has 5 heteroatoms. The van der Waals surface area contributed by atoms with E-state index in [2.05, 4.69) is 11.9 Å². The molecule has 0 radical (unpaired) electrons. The summed E-state index contributed by atoms with van der Waals surface area (Å²) in [4.78, 5) is 14.8. The van der Waals surface area contributed by atoms with Gasteiger partial charge in [-0.3, -0.25) is 4.79 Å². The van der Waals surface area contributed by atoms with Gasteiger partial charge in [-0.2, -0.15) is 0 Å². The van der Waals surface area contributed by atoms with Gasteiger partial charge in [-0.15, -0.1) is 0 Å². The Kier molecular flexibility index (Phi) is 5.82. The summed E-state index contributed by atoms with van der Waals surface area (Å²) in [5.41, 5.74) is 1.05. The van der Waals surface area contributed by atoms with Gasteiger partial charge in [-0.25, -0.2) is 0 Å². The maximum absolute atomic E-state index is 12.9. The number of carbonyl (C=O) groups is 1. The first-order valence-corrected chi connectivity index (χ1v) is 8.62. The van der Waals surface area contributed by atoms with E-state index < -0.39 is 5.54 Å². The van der Waals surface area contributed by atoms with Crippen LogP contribution in [0.5, 0.6) is 0 Å². The van der Waals surface area contributed by atoms with Crippen LogP contribution in [0.2, 0.25) is 5.02 Å². The minimum absolute atomic E-state index is 0.179. The molecule has 0 amide bonds. The summed E-state index contributed by atoms with van der Waals surface area (Å²) >= 11 is 12.0. The lowest BCUT2D eigenvalue weighted by Crippen LogP contribution is -2.56. The van der Waals surface area contributed by atoms with Gasteiger partial charge in [0.15, 0.2) is 10.9 Å². The normalized spacial score (nSPS) is 20.9. The summed E-state index contributed by atoms with van der Waals surface area (Å²) in [6, 6.07) is 7.57. The molecule has 0 spiro atoms. The highest BCUT2D eigenvalue weighted by Gasteiger charge is 2.46. The summed E-state index contributed by atoms with van der Waals surface area (Å²) < 4.78 is 0. The van der Waals surface area contributed by atoms with E-state index in [9.17, 15) is 4.79 Å². The summed E-state index contributed by atoms with van der Waals surface area (Å²) in [6.07, 6.45) is 3.18. The number of thiocarbonyl (C=S) groups is 1. The molecule has 1 fully saturated rings. The van der Waals surface area contributed by atoms with Gasteiger partial charge in [0, 0.05) is 30.6 Å². The lowest BCUT2D eigenvalue weighted by Gasteiger charge is -2.45. The highest BCUT2D eigenvalue weighted by Crippen LogP contribution is 2.42. The summed E-state index contributed by atoms with van der Waals surface area (Å²) in [7, 11) is 1.88. The Morgan fingerprint density at radius 1 is 1.43 bits per heavy atom. The number of hydrogen-bond acceptors (Lipinski definition) is 2. The number of hydrogen-bond donors (Lipinski definition) is 1. The van der Waals surface area contributed by atoms with Crippen LogP contribution in [-0.2, 0) is 10.3 Å². The standard InChI is InChI=1S/C18H23ClN2OS/c1-13(2)12-20-17(23)21(3)18(11-7-6-10-16(18)22)14-8-4-5-9-15(14)19/h4-5,8-9H,1,6-7,10-12H2,2-3H3,(H,20,23)/t18-/m0/s1. The Morgan fingerprint density at radius 3 is 2.74 bits per heavy atom. The molecule has 23 heavy (non-hydrogen) atoms. The number of likely N-dealkylation sites (N-methyl/N-ethyl adjacent to an activating group) is 1. The fourth-order valence-electron chi connectivity index (χ4n) is 3.15. The largest absolute Gasteiger partial charge is 0.359 e. The third kappa shape index (κ3) is 3.59. The number of Topliss-reactive ketones (excluding diaryl/α,β-unsaturated/α-hetero) is 1. The molecule has 1 aliphatic carbocycles. The van der Waals surface area contributed by atoms with Crippen LogP contribution in [0.3, 0.4) is 0 Å². The first kappa shape index (κ1) is 18.0. The van der Waals surface area contributed by atoms with Crippen molar-refractivity contribution in [2.24, 2.45) is 0 Å². The van der Waals surface area contributed by atoms with Crippen LogP contribution in [-0.4, -0.2) is 29.4 Å². The molecule has 1 aliphatic rings. The Bertz CT molecular complexity index is 631. The molecule has 1 N–H and O–H groups in total. The third-order valence-corrected chi connectivity index (χ3v) is 5.14. The van der Waals surface area contributed by atoms with Crippen molar-refractivity contribution in [2.45, 2.75) is 38.1 Å². The summed E-state index contributed by atoms with van der Waals surface area (Å²) in [5.74, 6) is 0.179. The molecule has 2 rings (SSSR count). The van der Waals surface area contributed by atoms with E-state index in [1.165, 1.54) is 0 Å². The quantitative estimate of drug-likeness (QED) is 0.655. The average Bonchev–Trinajstić information content (AvgIpc) is 2.53. The molecule has 1 saturated carbocycles. The van der Waals surface area contributed by atoms with Gasteiger partial charge in [0.1, 0.15) is 5.54 Å². The van der Waals surface area contributed by atoms with Gasteiger partial charge in [0.05, 0.1) is 0 Å². The molecule has 124 valence electrons. The van der Waals surface area contributed by atoms with Gasteiger partial charge in [-0.1, -0.05) is 42.0 Å². The molecule has 1 aromatic carbocycles. The average molecular weight is 351 g/mol. The van der Waals surface area contributed by atoms with Crippen molar-refractivity contribution in [3.63, 3.8) is 0 Å². The molecule has 0 aromatic heterocycles. The Morgan fingerprint density at radius 2 is 2.13 bits per heavy atom.